The van der Waals surface area contributed by atoms with Crippen molar-refractivity contribution in [2.45, 2.75) is 26.0 Å². The number of ether oxygens (including phenoxy) is 2. The number of pyridine rings is 1. The number of nitrogens with zero attached hydrogens (tertiary/aromatic N) is 2. The zero-order chi connectivity index (χ0) is 20.8. The summed E-state index contributed by atoms with van der Waals surface area (Å²) in [6, 6.07) is 7.82. The van der Waals surface area contributed by atoms with Crippen LogP contribution >= 0.6 is 11.6 Å². The van der Waals surface area contributed by atoms with E-state index < -0.39 is 0 Å². The van der Waals surface area contributed by atoms with Gasteiger partial charge in [-0.1, -0.05) is 23.7 Å². The van der Waals surface area contributed by atoms with Gasteiger partial charge in [-0.2, -0.15) is 0 Å². The van der Waals surface area contributed by atoms with Crippen molar-refractivity contribution in [2.24, 2.45) is 0 Å². The molecule has 1 atom stereocenters. The lowest BCUT2D eigenvalue weighted by Crippen LogP contribution is -2.43. The van der Waals surface area contributed by atoms with Crippen LogP contribution in [0, 0.1) is 5.82 Å². The SMILES string of the molecule is CC(C)Oc1ncc(C(=O)NCC(c2ccc(F)cc2)N2CCOCC2)cc1Cl. The average molecular weight is 422 g/mol. The number of benzene rings is 1. The first-order valence-electron chi connectivity index (χ1n) is 9.61. The third-order valence-electron chi connectivity index (χ3n) is 4.61. The molecular weight excluding hydrogens is 397 g/mol. The van der Waals surface area contributed by atoms with E-state index >= 15 is 0 Å². The molecular formula is C21H25ClFN3O3. The molecule has 1 amide bonds. The Kier molecular flexibility index (Phi) is 7.41. The van der Waals surface area contributed by atoms with E-state index in [2.05, 4.69) is 15.2 Å². The number of halogens is 2. The summed E-state index contributed by atoms with van der Waals surface area (Å²) in [5, 5.41) is 3.23. The lowest BCUT2D eigenvalue weighted by atomic mass is 10.0. The predicted molar refractivity (Wildman–Crippen MR) is 109 cm³/mol. The quantitative estimate of drug-likeness (QED) is 0.741. The van der Waals surface area contributed by atoms with E-state index in [1.165, 1.54) is 18.3 Å². The third-order valence-corrected chi connectivity index (χ3v) is 4.88. The molecule has 0 aliphatic carbocycles. The maximum Gasteiger partial charge on any atom is 0.252 e. The monoisotopic (exact) mass is 421 g/mol. The molecule has 1 saturated heterocycles. The number of amides is 1. The molecule has 2 aromatic rings. The third kappa shape index (κ3) is 5.88. The molecule has 1 fully saturated rings. The largest absolute Gasteiger partial charge is 0.474 e. The second-order valence-electron chi connectivity index (χ2n) is 7.10. The van der Waals surface area contributed by atoms with E-state index in [0.717, 1.165) is 18.7 Å². The number of hydrogen-bond donors (Lipinski definition) is 1. The standard InChI is InChI=1S/C21H25ClFN3O3/c1-14(2)29-21-18(22)11-16(12-25-21)20(27)24-13-19(26-7-9-28-10-8-26)15-3-5-17(23)6-4-15/h3-6,11-12,14,19H,7-10,13H2,1-2H3,(H,24,27). The van der Waals surface area contributed by atoms with E-state index in [0.29, 0.717) is 31.2 Å². The van der Waals surface area contributed by atoms with Crippen LogP contribution in [0.5, 0.6) is 5.88 Å². The highest BCUT2D eigenvalue weighted by atomic mass is 35.5. The lowest BCUT2D eigenvalue weighted by molar-refractivity contribution is 0.0162. The van der Waals surface area contributed by atoms with Crippen molar-refractivity contribution < 1.29 is 18.7 Å². The van der Waals surface area contributed by atoms with Gasteiger partial charge in [0.25, 0.3) is 5.91 Å². The number of nitrogens with one attached hydrogen (secondary N) is 1. The summed E-state index contributed by atoms with van der Waals surface area (Å²) < 4.78 is 24.3. The van der Waals surface area contributed by atoms with Crippen LogP contribution in [0.2, 0.25) is 5.02 Å². The van der Waals surface area contributed by atoms with Gasteiger partial charge >= 0.3 is 0 Å². The van der Waals surface area contributed by atoms with Crippen LogP contribution in [-0.2, 0) is 4.74 Å². The number of rotatable bonds is 7. The molecule has 1 N–H and O–H groups in total. The number of carbonyl (C=O) groups excluding carboxylic acids is 1. The van der Waals surface area contributed by atoms with E-state index in [1.54, 1.807) is 18.2 Å². The Morgan fingerprint density at radius 3 is 2.62 bits per heavy atom. The highest BCUT2D eigenvalue weighted by Gasteiger charge is 2.23. The van der Waals surface area contributed by atoms with Crippen molar-refractivity contribution >= 4 is 17.5 Å². The lowest BCUT2D eigenvalue weighted by Gasteiger charge is -2.35. The van der Waals surface area contributed by atoms with E-state index in [4.69, 9.17) is 21.1 Å². The van der Waals surface area contributed by atoms with E-state index in [-0.39, 0.29) is 28.9 Å². The summed E-state index contributed by atoms with van der Waals surface area (Å²) in [7, 11) is 0. The molecule has 1 aliphatic rings. The van der Waals surface area contributed by atoms with Gasteiger partial charge in [-0.15, -0.1) is 0 Å². The molecule has 0 radical (unpaired) electrons. The summed E-state index contributed by atoms with van der Waals surface area (Å²) >= 11 is 6.19. The number of hydrogen-bond acceptors (Lipinski definition) is 5. The molecule has 0 spiro atoms. The second kappa shape index (κ2) is 10.0. The Bertz CT molecular complexity index is 826. The van der Waals surface area contributed by atoms with E-state index in [1.807, 2.05) is 13.8 Å². The fourth-order valence-electron chi connectivity index (χ4n) is 3.18. The van der Waals surface area contributed by atoms with Gasteiger partial charge in [0.1, 0.15) is 10.8 Å². The van der Waals surface area contributed by atoms with Gasteiger partial charge in [-0.25, -0.2) is 9.37 Å². The van der Waals surface area contributed by atoms with Crippen LogP contribution in [-0.4, -0.2) is 54.7 Å². The highest BCUT2D eigenvalue weighted by molar-refractivity contribution is 6.32. The summed E-state index contributed by atoms with van der Waals surface area (Å²) in [6.45, 7) is 6.86. The summed E-state index contributed by atoms with van der Waals surface area (Å²) in [4.78, 5) is 19.0. The van der Waals surface area contributed by atoms with Crippen molar-refractivity contribution in [1.82, 2.24) is 15.2 Å². The molecule has 156 valence electrons. The predicted octanol–water partition coefficient (Wildman–Crippen LogP) is 3.46. The first-order valence-corrected chi connectivity index (χ1v) is 9.99. The zero-order valence-electron chi connectivity index (χ0n) is 16.5. The Morgan fingerprint density at radius 2 is 2.00 bits per heavy atom. The molecule has 1 aromatic carbocycles. The van der Waals surface area contributed by atoms with Crippen LogP contribution in [0.4, 0.5) is 4.39 Å². The molecule has 29 heavy (non-hydrogen) atoms. The topological polar surface area (TPSA) is 63.7 Å². The maximum absolute atomic E-state index is 13.3. The van der Waals surface area contributed by atoms with Crippen molar-refractivity contribution in [2.75, 3.05) is 32.8 Å². The second-order valence-corrected chi connectivity index (χ2v) is 7.51. The minimum atomic E-state index is -0.289. The molecule has 1 unspecified atom stereocenters. The van der Waals surface area contributed by atoms with Gasteiger partial charge in [0.15, 0.2) is 0 Å². The minimum Gasteiger partial charge on any atom is -0.474 e. The first kappa shape index (κ1) is 21.5. The summed E-state index contributed by atoms with van der Waals surface area (Å²) in [5.74, 6) is -0.269. The molecule has 2 heterocycles. The van der Waals surface area contributed by atoms with E-state index in [9.17, 15) is 9.18 Å². The normalized spacial score (nSPS) is 15.9. The van der Waals surface area contributed by atoms with Gasteiger partial charge in [0.2, 0.25) is 5.88 Å². The van der Waals surface area contributed by atoms with Gasteiger partial charge in [-0.3, -0.25) is 9.69 Å². The average Bonchev–Trinajstić information content (AvgIpc) is 2.71. The smallest absolute Gasteiger partial charge is 0.252 e. The maximum atomic E-state index is 13.3. The Morgan fingerprint density at radius 1 is 1.31 bits per heavy atom. The highest BCUT2D eigenvalue weighted by Crippen LogP contribution is 2.24. The molecule has 0 saturated carbocycles. The fourth-order valence-corrected chi connectivity index (χ4v) is 3.39. The van der Waals surface area contributed by atoms with Crippen molar-refractivity contribution in [1.29, 1.82) is 0 Å². The minimum absolute atomic E-state index is 0.0651. The van der Waals surface area contributed by atoms with Crippen LogP contribution < -0.4 is 10.1 Å². The number of morpholine rings is 1. The van der Waals surface area contributed by atoms with Gasteiger partial charge in [-0.05, 0) is 37.6 Å². The Balaban J connectivity index is 1.70. The van der Waals surface area contributed by atoms with Crippen LogP contribution in [0.1, 0.15) is 35.8 Å². The summed E-state index contributed by atoms with van der Waals surface area (Å²) in [5.41, 5.74) is 1.29. The number of aromatic nitrogens is 1. The molecule has 0 bridgehead atoms. The van der Waals surface area contributed by atoms with Gasteiger partial charge in [0.05, 0.1) is 30.9 Å². The first-order chi connectivity index (χ1) is 13.9. The Hall–Kier alpha value is -2.22. The van der Waals surface area contributed by atoms with Gasteiger partial charge in [0, 0.05) is 25.8 Å². The summed E-state index contributed by atoms with van der Waals surface area (Å²) in [6.07, 6.45) is 1.38. The van der Waals surface area contributed by atoms with Gasteiger partial charge < -0.3 is 14.8 Å². The Labute approximate surface area is 175 Å². The molecule has 8 heteroatoms. The molecule has 1 aliphatic heterocycles. The van der Waals surface area contributed by atoms with Crippen molar-refractivity contribution in [3.05, 3.63) is 58.5 Å². The van der Waals surface area contributed by atoms with Crippen LogP contribution in [0.3, 0.4) is 0 Å². The molecule has 1 aromatic heterocycles. The van der Waals surface area contributed by atoms with Crippen LogP contribution in [0.15, 0.2) is 36.5 Å². The zero-order valence-corrected chi connectivity index (χ0v) is 17.3. The molecule has 6 nitrogen and oxygen atoms in total. The van der Waals surface area contributed by atoms with Crippen molar-refractivity contribution in [3.63, 3.8) is 0 Å². The van der Waals surface area contributed by atoms with Crippen LogP contribution in [0.25, 0.3) is 0 Å². The van der Waals surface area contributed by atoms with Crippen molar-refractivity contribution in [3.8, 4) is 5.88 Å². The number of carbonyl (C=O) groups is 1. The fraction of sp³-hybridized carbons (Fsp3) is 0.429. The molecule has 3 rings (SSSR count).